The number of amides is 2. The molecule has 2 aromatic carbocycles. The van der Waals surface area contributed by atoms with Crippen LogP contribution in [0.4, 0.5) is 20.2 Å². The first-order valence-electron chi connectivity index (χ1n) is 8.60. The number of carbonyl (C=O) groups is 2. The zero-order valence-corrected chi connectivity index (χ0v) is 17.4. The number of aromatic nitrogens is 3. The molecule has 8 nitrogen and oxygen atoms in total. The minimum Gasteiger partial charge on any atom is -0.435 e. The van der Waals surface area contributed by atoms with Gasteiger partial charge in [-0.3, -0.25) is 9.59 Å². The van der Waals surface area contributed by atoms with Gasteiger partial charge in [0.2, 0.25) is 5.91 Å². The molecular weight excluding hydrogens is 464 g/mol. The standard InChI is InChI=1S/C19H16BrF2N5O3/c1-10-17(18(29)24-16-9-12(20)3-8-15(16)23-11(2)28)25-26-27(10)13-4-6-14(7-5-13)30-19(21)22/h3-9,19H,1-2H3,(H,23,28)(H,24,29). The summed E-state index contributed by atoms with van der Waals surface area (Å²) in [6, 6.07) is 10.8. The average Bonchev–Trinajstić information content (AvgIpc) is 3.05. The van der Waals surface area contributed by atoms with E-state index in [1.807, 2.05) is 0 Å². The van der Waals surface area contributed by atoms with Crippen LogP contribution in [-0.2, 0) is 4.79 Å². The number of ether oxygens (including phenoxy) is 1. The number of alkyl halides is 2. The summed E-state index contributed by atoms with van der Waals surface area (Å²) in [5.41, 5.74) is 1.83. The molecule has 0 unspecified atom stereocenters. The van der Waals surface area contributed by atoms with Crippen molar-refractivity contribution in [2.24, 2.45) is 0 Å². The summed E-state index contributed by atoms with van der Waals surface area (Å²) in [5.74, 6) is -0.806. The van der Waals surface area contributed by atoms with Gasteiger partial charge in [0.15, 0.2) is 5.69 Å². The first-order chi connectivity index (χ1) is 14.2. The smallest absolute Gasteiger partial charge is 0.387 e. The number of carbonyl (C=O) groups excluding carboxylic acids is 2. The lowest BCUT2D eigenvalue weighted by Gasteiger charge is -2.11. The van der Waals surface area contributed by atoms with Crippen molar-refractivity contribution in [3.63, 3.8) is 0 Å². The van der Waals surface area contributed by atoms with Gasteiger partial charge in [-0.15, -0.1) is 5.10 Å². The van der Waals surface area contributed by atoms with E-state index in [1.54, 1.807) is 25.1 Å². The number of benzene rings is 2. The van der Waals surface area contributed by atoms with Crippen LogP contribution in [-0.4, -0.2) is 33.4 Å². The lowest BCUT2D eigenvalue weighted by molar-refractivity contribution is -0.114. The van der Waals surface area contributed by atoms with Crippen molar-refractivity contribution in [1.29, 1.82) is 0 Å². The van der Waals surface area contributed by atoms with Crippen LogP contribution in [0.5, 0.6) is 5.75 Å². The van der Waals surface area contributed by atoms with E-state index in [-0.39, 0.29) is 17.4 Å². The summed E-state index contributed by atoms with van der Waals surface area (Å²) in [6.07, 6.45) is 0. The molecule has 1 heterocycles. The quantitative estimate of drug-likeness (QED) is 0.553. The van der Waals surface area contributed by atoms with Crippen molar-refractivity contribution < 1.29 is 23.1 Å². The fraction of sp³-hybridized carbons (Fsp3) is 0.158. The normalized spacial score (nSPS) is 10.7. The number of nitrogens with zero attached hydrogens (tertiary/aromatic N) is 3. The molecule has 3 rings (SSSR count). The maximum Gasteiger partial charge on any atom is 0.387 e. The van der Waals surface area contributed by atoms with Crippen LogP contribution in [0.15, 0.2) is 46.9 Å². The summed E-state index contributed by atoms with van der Waals surface area (Å²) in [6.45, 7) is 0.0921. The number of rotatable bonds is 6. The predicted molar refractivity (Wildman–Crippen MR) is 109 cm³/mol. The van der Waals surface area contributed by atoms with Gasteiger partial charge < -0.3 is 15.4 Å². The molecule has 0 aliphatic heterocycles. The molecule has 2 N–H and O–H groups in total. The second-order valence-electron chi connectivity index (χ2n) is 6.13. The minimum atomic E-state index is -2.92. The first-order valence-corrected chi connectivity index (χ1v) is 9.40. The van der Waals surface area contributed by atoms with Gasteiger partial charge in [0, 0.05) is 11.4 Å². The summed E-state index contributed by atoms with van der Waals surface area (Å²) in [5, 5.41) is 13.2. The highest BCUT2D eigenvalue weighted by Crippen LogP contribution is 2.27. The van der Waals surface area contributed by atoms with Gasteiger partial charge in [0.05, 0.1) is 22.8 Å². The van der Waals surface area contributed by atoms with Crippen LogP contribution < -0.4 is 15.4 Å². The zero-order valence-electron chi connectivity index (χ0n) is 15.8. The molecule has 3 aromatic rings. The topological polar surface area (TPSA) is 98.1 Å². The van der Waals surface area contributed by atoms with E-state index in [4.69, 9.17) is 0 Å². The van der Waals surface area contributed by atoms with Gasteiger partial charge >= 0.3 is 6.61 Å². The monoisotopic (exact) mass is 479 g/mol. The molecule has 156 valence electrons. The number of halogens is 3. The molecule has 0 radical (unpaired) electrons. The Labute approximate surface area is 178 Å². The minimum absolute atomic E-state index is 0.00430. The Kier molecular flexibility index (Phi) is 6.40. The second kappa shape index (κ2) is 8.99. The van der Waals surface area contributed by atoms with Crippen LogP contribution in [0.25, 0.3) is 5.69 Å². The lowest BCUT2D eigenvalue weighted by Crippen LogP contribution is -2.16. The predicted octanol–water partition coefficient (Wildman–Crippen LogP) is 4.15. The summed E-state index contributed by atoms with van der Waals surface area (Å²) in [7, 11) is 0. The molecule has 0 bridgehead atoms. The molecule has 1 aromatic heterocycles. The van der Waals surface area contributed by atoms with Crippen LogP contribution in [0.1, 0.15) is 23.1 Å². The molecule has 0 aliphatic rings. The van der Waals surface area contributed by atoms with Crippen molar-refractivity contribution in [1.82, 2.24) is 15.0 Å². The summed E-state index contributed by atoms with van der Waals surface area (Å²) < 4.78 is 31.0. The third-order valence-corrected chi connectivity index (χ3v) is 4.45. The van der Waals surface area contributed by atoms with Gasteiger partial charge in [-0.05, 0) is 49.4 Å². The molecule has 0 spiro atoms. The van der Waals surface area contributed by atoms with Crippen molar-refractivity contribution >= 4 is 39.1 Å². The highest BCUT2D eigenvalue weighted by atomic mass is 79.9. The van der Waals surface area contributed by atoms with Crippen LogP contribution in [0.3, 0.4) is 0 Å². The number of hydrogen-bond acceptors (Lipinski definition) is 5. The molecule has 30 heavy (non-hydrogen) atoms. The van der Waals surface area contributed by atoms with E-state index in [0.717, 1.165) is 0 Å². The van der Waals surface area contributed by atoms with E-state index in [0.29, 0.717) is 27.2 Å². The van der Waals surface area contributed by atoms with Gasteiger partial charge in [0.1, 0.15) is 5.75 Å². The fourth-order valence-corrected chi connectivity index (χ4v) is 3.01. The van der Waals surface area contributed by atoms with Crippen molar-refractivity contribution in [3.8, 4) is 11.4 Å². The zero-order chi connectivity index (χ0) is 21.8. The lowest BCUT2D eigenvalue weighted by atomic mass is 10.2. The second-order valence-corrected chi connectivity index (χ2v) is 7.05. The van der Waals surface area contributed by atoms with Gasteiger partial charge in [0.25, 0.3) is 5.91 Å². The maximum absolute atomic E-state index is 12.7. The van der Waals surface area contributed by atoms with Gasteiger partial charge in [-0.1, -0.05) is 21.1 Å². The highest BCUT2D eigenvalue weighted by Gasteiger charge is 2.19. The molecule has 0 fully saturated rings. The van der Waals surface area contributed by atoms with Crippen LogP contribution in [0, 0.1) is 6.92 Å². The van der Waals surface area contributed by atoms with Crippen molar-refractivity contribution in [2.45, 2.75) is 20.5 Å². The molecule has 11 heteroatoms. The average molecular weight is 480 g/mol. The Balaban J connectivity index is 1.83. The Bertz CT molecular complexity index is 1090. The SMILES string of the molecule is CC(=O)Nc1ccc(Br)cc1NC(=O)c1nnn(-c2ccc(OC(F)F)cc2)c1C. The Morgan fingerprint density at radius 2 is 1.80 bits per heavy atom. The molecule has 0 atom stereocenters. The van der Waals surface area contributed by atoms with Gasteiger partial charge in [-0.25, -0.2) is 4.68 Å². The Morgan fingerprint density at radius 1 is 1.10 bits per heavy atom. The highest BCUT2D eigenvalue weighted by molar-refractivity contribution is 9.10. The largest absolute Gasteiger partial charge is 0.435 e. The first kappa shape index (κ1) is 21.4. The van der Waals surface area contributed by atoms with E-state index in [2.05, 4.69) is 41.6 Å². The van der Waals surface area contributed by atoms with Gasteiger partial charge in [-0.2, -0.15) is 8.78 Å². The summed E-state index contributed by atoms with van der Waals surface area (Å²) in [4.78, 5) is 24.1. The number of hydrogen-bond donors (Lipinski definition) is 2. The van der Waals surface area contributed by atoms with E-state index >= 15 is 0 Å². The molecule has 0 saturated heterocycles. The number of anilines is 2. The van der Waals surface area contributed by atoms with Crippen molar-refractivity contribution in [2.75, 3.05) is 10.6 Å². The number of nitrogens with one attached hydrogen (secondary N) is 2. The molecule has 0 aliphatic carbocycles. The Hall–Kier alpha value is -3.34. The van der Waals surface area contributed by atoms with E-state index < -0.39 is 12.5 Å². The van der Waals surface area contributed by atoms with Crippen molar-refractivity contribution in [3.05, 3.63) is 58.3 Å². The molecule has 2 amide bonds. The van der Waals surface area contributed by atoms with Crippen LogP contribution >= 0.6 is 15.9 Å². The van der Waals surface area contributed by atoms with E-state index in [9.17, 15) is 18.4 Å². The Morgan fingerprint density at radius 3 is 2.43 bits per heavy atom. The fourth-order valence-electron chi connectivity index (χ4n) is 2.65. The van der Waals surface area contributed by atoms with E-state index in [1.165, 1.54) is 35.9 Å². The summed E-state index contributed by atoms with van der Waals surface area (Å²) >= 11 is 3.33. The third kappa shape index (κ3) is 4.98. The third-order valence-electron chi connectivity index (χ3n) is 3.96. The maximum atomic E-state index is 12.7. The molecule has 0 saturated carbocycles. The van der Waals surface area contributed by atoms with Crippen LogP contribution in [0.2, 0.25) is 0 Å². The molecular formula is C19H16BrF2N5O3.